The predicted octanol–water partition coefficient (Wildman–Crippen LogP) is 5.76. The SMILES string of the molecule is CSc1ccc(C=NN2C(=S)SC(C)(C)C2N(O)C(=O)Nc2cccc(Cl)c2)cc1. The normalized spacial score (nSPS) is 18.1. The second-order valence-corrected chi connectivity index (χ2v) is 10.6. The maximum Gasteiger partial charge on any atom is 0.347 e. The predicted molar refractivity (Wildman–Crippen MR) is 130 cm³/mol. The lowest BCUT2D eigenvalue weighted by molar-refractivity contribution is -0.114. The number of amides is 2. The number of nitrogens with zero attached hydrogens (tertiary/aromatic N) is 3. The highest BCUT2D eigenvalue weighted by Gasteiger charge is 2.50. The van der Waals surface area contributed by atoms with E-state index in [1.807, 2.05) is 44.4 Å². The Labute approximate surface area is 194 Å². The van der Waals surface area contributed by atoms with Crippen molar-refractivity contribution >= 4 is 69.6 Å². The quantitative estimate of drug-likeness (QED) is 0.186. The van der Waals surface area contributed by atoms with Crippen LogP contribution in [0.5, 0.6) is 0 Å². The van der Waals surface area contributed by atoms with Gasteiger partial charge in [-0.3, -0.25) is 5.21 Å². The van der Waals surface area contributed by atoms with Crippen LogP contribution in [-0.2, 0) is 0 Å². The number of urea groups is 1. The molecule has 2 aromatic rings. The highest BCUT2D eigenvalue weighted by Crippen LogP contribution is 2.42. The molecule has 2 aromatic carbocycles. The Hall–Kier alpha value is -1.78. The fraction of sp³-hybridized carbons (Fsp3) is 0.250. The molecule has 1 heterocycles. The van der Waals surface area contributed by atoms with Gasteiger partial charge in [0, 0.05) is 15.6 Å². The van der Waals surface area contributed by atoms with E-state index in [1.54, 1.807) is 42.2 Å². The van der Waals surface area contributed by atoms with E-state index in [9.17, 15) is 10.0 Å². The molecular formula is C20H21ClN4O2S3. The number of hydrogen-bond acceptors (Lipinski definition) is 6. The van der Waals surface area contributed by atoms with Crippen LogP contribution in [0.25, 0.3) is 0 Å². The first-order valence-corrected chi connectivity index (χ1v) is 11.8. The minimum absolute atomic E-state index is 0.469. The summed E-state index contributed by atoms with van der Waals surface area (Å²) in [6, 6.07) is 13.9. The second-order valence-electron chi connectivity index (χ2n) is 6.99. The summed E-state index contributed by atoms with van der Waals surface area (Å²) in [6.45, 7) is 3.79. The number of anilines is 1. The summed E-state index contributed by atoms with van der Waals surface area (Å²) in [5.41, 5.74) is 1.36. The zero-order chi connectivity index (χ0) is 21.9. The van der Waals surface area contributed by atoms with Gasteiger partial charge in [0.15, 0.2) is 10.5 Å². The van der Waals surface area contributed by atoms with Gasteiger partial charge in [0.2, 0.25) is 0 Å². The van der Waals surface area contributed by atoms with E-state index in [4.69, 9.17) is 23.8 Å². The third-order valence-electron chi connectivity index (χ3n) is 4.35. The first-order valence-electron chi connectivity index (χ1n) is 8.96. The van der Waals surface area contributed by atoms with Crippen LogP contribution < -0.4 is 5.32 Å². The van der Waals surface area contributed by atoms with Crippen molar-refractivity contribution in [2.75, 3.05) is 11.6 Å². The van der Waals surface area contributed by atoms with E-state index < -0.39 is 16.9 Å². The molecule has 158 valence electrons. The molecule has 0 radical (unpaired) electrons. The fourth-order valence-corrected chi connectivity index (χ4v) is 5.29. The van der Waals surface area contributed by atoms with Crippen molar-refractivity contribution in [3.05, 3.63) is 59.1 Å². The summed E-state index contributed by atoms with van der Waals surface area (Å²) in [6.07, 6.45) is 2.88. The van der Waals surface area contributed by atoms with E-state index in [1.165, 1.54) is 16.8 Å². The summed E-state index contributed by atoms with van der Waals surface area (Å²) >= 11 is 14.5. The molecule has 1 fully saturated rings. The number of thiocarbonyl (C=S) groups is 1. The number of hydroxylamine groups is 2. The van der Waals surface area contributed by atoms with E-state index in [0.717, 1.165) is 10.5 Å². The number of thioether (sulfide) groups is 2. The van der Waals surface area contributed by atoms with Gasteiger partial charge in [0.25, 0.3) is 0 Å². The molecule has 1 atom stereocenters. The molecular weight excluding hydrogens is 460 g/mol. The molecule has 2 N–H and O–H groups in total. The number of nitrogens with one attached hydrogen (secondary N) is 1. The van der Waals surface area contributed by atoms with E-state index >= 15 is 0 Å². The zero-order valence-electron chi connectivity index (χ0n) is 16.6. The summed E-state index contributed by atoms with van der Waals surface area (Å²) in [4.78, 5) is 13.8. The molecule has 3 rings (SSSR count). The molecule has 1 saturated heterocycles. The highest BCUT2D eigenvalue weighted by molar-refractivity contribution is 8.24. The average Bonchev–Trinajstić information content (AvgIpc) is 2.93. The monoisotopic (exact) mass is 480 g/mol. The zero-order valence-corrected chi connectivity index (χ0v) is 19.8. The first-order chi connectivity index (χ1) is 14.2. The van der Waals surface area contributed by atoms with Gasteiger partial charge in [-0.25, -0.2) is 9.80 Å². The largest absolute Gasteiger partial charge is 0.347 e. The van der Waals surface area contributed by atoms with Crippen LogP contribution in [0.1, 0.15) is 19.4 Å². The fourth-order valence-electron chi connectivity index (χ4n) is 2.90. The van der Waals surface area contributed by atoms with Crippen LogP contribution in [-0.4, -0.2) is 49.0 Å². The van der Waals surface area contributed by atoms with Gasteiger partial charge >= 0.3 is 6.03 Å². The summed E-state index contributed by atoms with van der Waals surface area (Å²) < 4.78 is -0.117. The van der Waals surface area contributed by atoms with Crippen LogP contribution in [0.3, 0.4) is 0 Å². The molecule has 30 heavy (non-hydrogen) atoms. The number of carbonyl (C=O) groups excluding carboxylic acids is 1. The Balaban J connectivity index is 1.80. The van der Waals surface area contributed by atoms with Crippen molar-refractivity contribution in [3.8, 4) is 0 Å². The summed E-state index contributed by atoms with van der Waals surface area (Å²) in [5.74, 6) is 0. The Kier molecular flexibility index (Phi) is 7.30. The van der Waals surface area contributed by atoms with Crippen molar-refractivity contribution < 1.29 is 10.0 Å². The summed E-state index contributed by atoms with van der Waals surface area (Å²) in [7, 11) is 0. The van der Waals surface area contributed by atoms with Gasteiger partial charge in [0.1, 0.15) is 0 Å². The van der Waals surface area contributed by atoms with Gasteiger partial charge in [-0.15, -0.1) is 11.8 Å². The molecule has 1 aliphatic rings. The number of hydrazone groups is 1. The van der Waals surface area contributed by atoms with Crippen LogP contribution in [0.4, 0.5) is 10.5 Å². The average molecular weight is 481 g/mol. The molecule has 10 heteroatoms. The van der Waals surface area contributed by atoms with Gasteiger partial charge in [-0.1, -0.05) is 53.8 Å². The van der Waals surface area contributed by atoms with E-state index in [-0.39, 0.29) is 0 Å². The van der Waals surface area contributed by atoms with Gasteiger partial charge in [0.05, 0.1) is 11.0 Å². The molecule has 2 amide bonds. The second kappa shape index (κ2) is 9.57. The molecule has 1 aliphatic heterocycles. The number of hydrogen-bond donors (Lipinski definition) is 2. The maximum atomic E-state index is 12.7. The van der Waals surface area contributed by atoms with Gasteiger partial charge < -0.3 is 5.32 Å². The lowest BCUT2D eigenvalue weighted by atomic mass is 10.1. The third-order valence-corrected chi connectivity index (χ3v) is 6.87. The lowest BCUT2D eigenvalue weighted by Gasteiger charge is -2.34. The van der Waals surface area contributed by atoms with E-state index in [0.29, 0.717) is 20.1 Å². The highest BCUT2D eigenvalue weighted by atomic mass is 35.5. The van der Waals surface area contributed by atoms with Crippen molar-refractivity contribution in [1.82, 2.24) is 10.1 Å². The number of rotatable bonds is 5. The Morgan fingerprint density at radius 3 is 2.70 bits per heavy atom. The smallest absolute Gasteiger partial charge is 0.306 e. The summed E-state index contributed by atoms with van der Waals surface area (Å²) in [5, 5.41) is 20.4. The van der Waals surface area contributed by atoms with Crippen LogP contribution in [0, 0.1) is 0 Å². The maximum absolute atomic E-state index is 12.7. The molecule has 1 unspecified atom stereocenters. The number of benzene rings is 2. The lowest BCUT2D eigenvalue weighted by Crippen LogP contribution is -2.54. The van der Waals surface area contributed by atoms with Crippen molar-refractivity contribution in [3.63, 3.8) is 0 Å². The molecule has 0 saturated carbocycles. The Morgan fingerprint density at radius 1 is 1.37 bits per heavy atom. The standard InChI is InChI=1S/C20H21ClN4O2S3/c1-20(2)17(25(27)18(26)23-15-6-4-5-14(21)11-15)24(19(28)30-20)22-12-13-7-9-16(29-3)10-8-13/h4-12,17,27H,1-3H3,(H,23,26). The molecule has 0 bridgehead atoms. The van der Waals surface area contributed by atoms with Crippen molar-refractivity contribution in [1.29, 1.82) is 0 Å². The minimum Gasteiger partial charge on any atom is -0.306 e. The van der Waals surface area contributed by atoms with Crippen LogP contribution in [0.2, 0.25) is 5.02 Å². The van der Waals surface area contributed by atoms with Crippen LogP contribution >= 0.6 is 47.3 Å². The van der Waals surface area contributed by atoms with Crippen molar-refractivity contribution in [2.45, 2.75) is 29.7 Å². The third kappa shape index (κ3) is 5.28. The Morgan fingerprint density at radius 2 is 2.07 bits per heavy atom. The minimum atomic E-state index is -0.795. The molecule has 0 aromatic heterocycles. The Bertz CT molecular complexity index is 969. The number of halogens is 1. The molecule has 0 spiro atoms. The van der Waals surface area contributed by atoms with Gasteiger partial charge in [-0.2, -0.15) is 10.2 Å². The molecule has 6 nitrogen and oxygen atoms in total. The van der Waals surface area contributed by atoms with Crippen molar-refractivity contribution in [2.24, 2.45) is 5.10 Å². The van der Waals surface area contributed by atoms with E-state index in [2.05, 4.69) is 10.4 Å². The van der Waals surface area contributed by atoms with Gasteiger partial charge in [-0.05, 0) is 56.0 Å². The molecule has 0 aliphatic carbocycles. The first kappa shape index (κ1) is 22.9. The number of carbonyl (C=O) groups is 1. The topological polar surface area (TPSA) is 68.2 Å². The van der Waals surface area contributed by atoms with Crippen LogP contribution in [0.15, 0.2) is 58.5 Å².